The van der Waals surface area contributed by atoms with Gasteiger partial charge in [-0.3, -0.25) is 0 Å². The minimum Gasteiger partial charge on any atom is -0.444 e. The van der Waals surface area contributed by atoms with Crippen molar-refractivity contribution in [3.05, 3.63) is 77.9 Å². The van der Waals surface area contributed by atoms with Gasteiger partial charge < -0.3 is 14.8 Å². The first kappa shape index (κ1) is 17.3. The maximum absolute atomic E-state index is 12.9. The highest BCUT2D eigenvalue weighted by Crippen LogP contribution is 2.20. The number of benzene rings is 2. The van der Waals surface area contributed by atoms with E-state index in [9.17, 15) is 9.50 Å². The van der Waals surface area contributed by atoms with E-state index in [-0.39, 0.29) is 11.9 Å². The van der Waals surface area contributed by atoms with E-state index < -0.39 is 6.10 Å². The van der Waals surface area contributed by atoms with Crippen molar-refractivity contribution in [2.75, 3.05) is 0 Å². The Morgan fingerprint density at radius 1 is 1.12 bits per heavy atom. The van der Waals surface area contributed by atoms with Gasteiger partial charge in [0.2, 0.25) is 5.89 Å². The van der Waals surface area contributed by atoms with E-state index in [0.29, 0.717) is 24.4 Å². The number of aliphatic hydroxyl groups excluding tert-OH is 1. The average Bonchev–Trinajstić information content (AvgIpc) is 3.10. The fraction of sp³-hybridized carbons (Fsp3) is 0.250. The van der Waals surface area contributed by atoms with Gasteiger partial charge in [-0.05, 0) is 43.2 Å². The Morgan fingerprint density at radius 2 is 1.84 bits per heavy atom. The Hall–Kier alpha value is -2.50. The molecule has 3 rings (SSSR count). The van der Waals surface area contributed by atoms with E-state index in [1.54, 1.807) is 18.4 Å². The third-order valence-electron chi connectivity index (χ3n) is 4.04. The van der Waals surface area contributed by atoms with Gasteiger partial charge in [-0.15, -0.1) is 0 Å². The monoisotopic (exact) mass is 340 g/mol. The molecule has 0 aliphatic carbocycles. The molecule has 130 valence electrons. The normalized spacial score (nSPS) is 13.6. The molecule has 0 bridgehead atoms. The van der Waals surface area contributed by atoms with Crippen LogP contribution in [0, 0.1) is 5.82 Å². The number of rotatable bonds is 7. The zero-order valence-electron chi connectivity index (χ0n) is 14.0. The summed E-state index contributed by atoms with van der Waals surface area (Å²) in [6.07, 6.45) is 1.52. The summed E-state index contributed by atoms with van der Waals surface area (Å²) in [5, 5.41) is 13.6. The van der Waals surface area contributed by atoms with Crippen LogP contribution in [0.25, 0.3) is 11.5 Å². The van der Waals surface area contributed by atoms with Crippen LogP contribution in [0.4, 0.5) is 4.39 Å². The fourth-order valence-corrected chi connectivity index (χ4v) is 2.62. The van der Waals surface area contributed by atoms with E-state index in [4.69, 9.17) is 4.42 Å². The van der Waals surface area contributed by atoms with Crippen molar-refractivity contribution in [1.82, 2.24) is 10.3 Å². The summed E-state index contributed by atoms with van der Waals surface area (Å²) < 4.78 is 18.4. The number of oxazole rings is 1. The largest absolute Gasteiger partial charge is 0.444 e. The van der Waals surface area contributed by atoms with Gasteiger partial charge in [0.15, 0.2) is 0 Å². The highest BCUT2D eigenvalue weighted by Gasteiger charge is 2.13. The van der Waals surface area contributed by atoms with Gasteiger partial charge >= 0.3 is 0 Å². The summed E-state index contributed by atoms with van der Waals surface area (Å²) in [6.45, 7) is 2.54. The number of nitrogens with zero attached hydrogens (tertiary/aromatic N) is 1. The van der Waals surface area contributed by atoms with Crippen molar-refractivity contribution in [1.29, 1.82) is 0 Å². The van der Waals surface area contributed by atoms with E-state index in [0.717, 1.165) is 11.3 Å². The molecule has 2 aromatic carbocycles. The summed E-state index contributed by atoms with van der Waals surface area (Å²) >= 11 is 0. The van der Waals surface area contributed by atoms with Gasteiger partial charge in [0, 0.05) is 18.2 Å². The van der Waals surface area contributed by atoms with Crippen LogP contribution in [0.1, 0.15) is 30.7 Å². The summed E-state index contributed by atoms with van der Waals surface area (Å²) in [5.74, 6) is 0.291. The molecule has 2 atom stereocenters. The number of halogens is 1. The predicted octanol–water partition coefficient (Wildman–Crippen LogP) is 4.08. The molecule has 2 N–H and O–H groups in total. The molecule has 1 heterocycles. The molecule has 4 nitrogen and oxygen atoms in total. The van der Waals surface area contributed by atoms with E-state index in [1.807, 2.05) is 37.3 Å². The molecule has 0 amide bonds. The van der Waals surface area contributed by atoms with Crippen LogP contribution in [0.2, 0.25) is 0 Å². The molecule has 3 aromatic rings. The van der Waals surface area contributed by atoms with Gasteiger partial charge in [0.05, 0.1) is 11.8 Å². The molecule has 25 heavy (non-hydrogen) atoms. The summed E-state index contributed by atoms with van der Waals surface area (Å²) in [7, 11) is 0. The van der Waals surface area contributed by atoms with Crippen molar-refractivity contribution in [3.63, 3.8) is 0 Å². The SMILES string of the molecule is CC(CC(O)c1ccc(F)cc1)NCc1coc(-c2ccccc2)n1. The number of nitrogens with one attached hydrogen (secondary N) is 1. The molecular formula is C20H21FN2O2. The van der Waals surface area contributed by atoms with Crippen LogP contribution in [0.3, 0.4) is 0 Å². The second kappa shape index (κ2) is 8.05. The summed E-state index contributed by atoms with van der Waals surface area (Å²) in [5.41, 5.74) is 2.46. The fourth-order valence-electron chi connectivity index (χ4n) is 2.62. The zero-order chi connectivity index (χ0) is 17.6. The number of aliphatic hydroxyl groups is 1. The van der Waals surface area contributed by atoms with Gasteiger partial charge in [-0.25, -0.2) is 9.37 Å². The molecule has 5 heteroatoms. The van der Waals surface area contributed by atoms with Gasteiger partial charge in [0.25, 0.3) is 0 Å². The first-order chi connectivity index (χ1) is 12.1. The van der Waals surface area contributed by atoms with Crippen LogP contribution in [-0.4, -0.2) is 16.1 Å². The molecule has 2 unspecified atom stereocenters. The van der Waals surface area contributed by atoms with Crippen LogP contribution < -0.4 is 5.32 Å². The lowest BCUT2D eigenvalue weighted by Gasteiger charge is -2.17. The Kier molecular flexibility index (Phi) is 5.58. The average molecular weight is 340 g/mol. The third kappa shape index (κ3) is 4.75. The molecule has 0 aliphatic heterocycles. The Balaban J connectivity index is 1.51. The number of hydrogen-bond donors (Lipinski definition) is 2. The van der Waals surface area contributed by atoms with Crippen molar-refractivity contribution in [2.24, 2.45) is 0 Å². The molecule has 0 saturated heterocycles. The quantitative estimate of drug-likeness (QED) is 0.680. The number of hydrogen-bond acceptors (Lipinski definition) is 4. The standard InChI is InChI=1S/C20H21FN2O2/c1-14(11-19(24)15-7-9-17(21)10-8-15)22-12-18-13-25-20(23-18)16-5-3-2-4-6-16/h2-10,13-14,19,22,24H,11-12H2,1H3. The molecular weight excluding hydrogens is 319 g/mol. The number of aromatic nitrogens is 1. The minimum atomic E-state index is -0.639. The van der Waals surface area contributed by atoms with Crippen LogP contribution in [0.15, 0.2) is 65.3 Å². The Morgan fingerprint density at radius 3 is 2.56 bits per heavy atom. The first-order valence-corrected chi connectivity index (χ1v) is 8.28. The van der Waals surface area contributed by atoms with Crippen molar-refractivity contribution >= 4 is 0 Å². The predicted molar refractivity (Wildman–Crippen MR) is 94.2 cm³/mol. The van der Waals surface area contributed by atoms with Crippen LogP contribution in [-0.2, 0) is 6.54 Å². The first-order valence-electron chi connectivity index (χ1n) is 8.28. The third-order valence-corrected chi connectivity index (χ3v) is 4.04. The maximum Gasteiger partial charge on any atom is 0.226 e. The van der Waals surface area contributed by atoms with Gasteiger partial charge in [-0.2, -0.15) is 0 Å². The summed E-state index contributed by atoms with van der Waals surface area (Å²) in [4.78, 5) is 4.47. The lowest BCUT2D eigenvalue weighted by molar-refractivity contribution is 0.153. The highest BCUT2D eigenvalue weighted by atomic mass is 19.1. The van der Waals surface area contributed by atoms with Crippen molar-refractivity contribution < 1.29 is 13.9 Å². The van der Waals surface area contributed by atoms with Crippen LogP contribution >= 0.6 is 0 Å². The van der Waals surface area contributed by atoms with Crippen LogP contribution in [0.5, 0.6) is 0 Å². The Bertz CT molecular complexity index is 787. The lowest BCUT2D eigenvalue weighted by atomic mass is 10.0. The molecule has 0 spiro atoms. The Labute approximate surface area is 146 Å². The van der Waals surface area contributed by atoms with E-state index in [2.05, 4.69) is 10.3 Å². The van der Waals surface area contributed by atoms with Gasteiger partial charge in [-0.1, -0.05) is 30.3 Å². The topological polar surface area (TPSA) is 58.3 Å². The highest BCUT2D eigenvalue weighted by molar-refractivity contribution is 5.52. The summed E-state index contributed by atoms with van der Waals surface area (Å²) in [6, 6.07) is 15.7. The second-order valence-corrected chi connectivity index (χ2v) is 6.10. The molecule has 0 fully saturated rings. The minimum absolute atomic E-state index is 0.0666. The molecule has 1 aromatic heterocycles. The maximum atomic E-state index is 12.9. The smallest absolute Gasteiger partial charge is 0.226 e. The molecule has 0 saturated carbocycles. The van der Waals surface area contributed by atoms with Crippen molar-refractivity contribution in [2.45, 2.75) is 32.0 Å². The zero-order valence-corrected chi connectivity index (χ0v) is 14.0. The van der Waals surface area contributed by atoms with Gasteiger partial charge in [0.1, 0.15) is 12.1 Å². The second-order valence-electron chi connectivity index (χ2n) is 6.10. The van der Waals surface area contributed by atoms with E-state index >= 15 is 0 Å². The molecule has 0 radical (unpaired) electrons. The van der Waals surface area contributed by atoms with Crippen molar-refractivity contribution in [3.8, 4) is 11.5 Å². The van der Waals surface area contributed by atoms with E-state index in [1.165, 1.54) is 12.1 Å². The molecule has 0 aliphatic rings. The lowest BCUT2D eigenvalue weighted by Crippen LogP contribution is -2.27.